The number of amides is 1. The number of hydrogen-bond acceptors (Lipinski definition) is 3. The van der Waals surface area contributed by atoms with Crippen LogP contribution >= 0.6 is 0 Å². The molecule has 2 N–H and O–H groups in total. The number of nitrogens with zero attached hydrogens (tertiary/aromatic N) is 2. The zero-order valence-corrected chi connectivity index (χ0v) is 11.6. The van der Waals surface area contributed by atoms with Gasteiger partial charge in [-0.25, -0.2) is 0 Å². The second-order valence-electron chi connectivity index (χ2n) is 5.92. The van der Waals surface area contributed by atoms with Gasteiger partial charge in [0, 0.05) is 25.6 Å². The fraction of sp³-hybridized carbons (Fsp3) is 0.929. The van der Waals surface area contributed by atoms with Crippen LogP contribution in [0.2, 0.25) is 0 Å². The van der Waals surface area contributed by atoms with Crippen molar-refractivity contribution in [2.45, 2.75) is 45.1 Å². The van der Waals surface area contributed by atoms with Gasteiger partial charge in [0.2, 0.25) is 5.91 Å². The maximum Gasteiger partial charge on any atom is 0.222 e. The van der Waals surface area contributed by atoms with Crippen molar-refractivity contribution in [2.75, 3.05) is 32.7 Å². The zero-order chi connectivity index (χ0) is 13.0. The predicted octanol–water partition coefficient (Wildman–Crippen LogP) is 1.06. The Bertz CT molecular complexity index is 276. The van der Waals surface area contributed by atoms with E-state index in [-0.39, 0.29) is 0 Å². The Morgan fingerprint density at radius 2 is 2.00 bits per heavy atom. The highest BCUT2D eigenvalue weighted by molar-refractivity contribution is 5.76. The third-order valence-corrected chi connectivity index (χ3v) is 4.35. The van der Waals surface area contributed by atoms with Crippen molar-refractivity contribution in [3.63, 3.8) is 0 Å². The Hall–Kier alpha value is -0.610. The Balaban J connectivity index is 1.78. The molecule has 18 heavy (non-hydrogen) atoms. The van der Waals surface area contributed by atoms with E-state index in [4.69, 9.17) is 5.73 Å². The van der Waals surface area contributed by atoms with Crippen LogP contribution < -0.4 is 5.73 Å². The Morgan fingerprint density at radius 3 is 2.67 bits per heavy atom. The molecule has 0 aliphatic carbocycles. The minimum Gasteiger partial charge on any atom is -0.341 e. The molecular formula is C14H27N3O. The fourth-order valence-corrected chi connectivity index (χ4v) is 3.06. The zero-order valence-electron chi connectivity index (χ0n) is 11.6. The second kappa shape index (κ2) is 6.53. The maximum atomic E-state index is 12.1. The summed E-state index contributed by atoms with van der Waals surface area (Å²) < 4.78 is 0. The molecule has 2 atom stereocenters. The van der Waals surface area contributed by atoms with Crippen molar-refractivity contribution < 1.29 is 4.79 Å². The Kier molecular flexibility index (Phi) is 5.01. The number of likely N-dealkylation sites (tertiary alicyclic amines) is 2. The standard InChI is InChI=1S/C14H27N3O/c1-12(10-15)9-14(18)17-8-5-13(11-17)16-6-3-2-4-7-16/h12-13H,2-11,15H2,1H3. The molecule has 2 heterocycles. The van der Waals surface area contributed by atoms with Crippen LogP contribution in [0.3, 0.4) is 0 Å². The molecule has 2 aliphatic rings. The molecule has 0 spiro atoms. The quantitative estimate of drug-likeness (QED) is 0.815. The monoisotopic (exact) mass is 253 g/mol. The van der Waals surface area contributed by atoms with Gasteiger partial charge in [-0.15, -0.1) is 0 Å². The van der Waals surface area contributed by atoms with E-state index in [0.29, 0.717) is 30.8 Å². The van der Waals surface area contributed by atoms with Crippen molar-refractivity contribution in [2.24, 2.45) is 11.7 Å². The Morgan fingerprint density at radius 1 is 1.28 bits per heavy atom. The number of carbonyl (C=O) groups is 1. The lowest BCUT2D eigenvalue weighted by molar-refractivity contribution is -0.131. The average molecular weight is 253 g/mol. The van der Waals surface area contributed by atoms with Gasteiger partial charge >= 0.3 is 0 Å². The molecule has 0 aromatic heterocycles. The second-order valence-corrected chi connectivity index (χ2v) is 5.92. The summed E-state index contributed by atoms with van der Waals surface area (Å²) in [5, 5.41) is 0. The van der Waals surface area contributed by atoms with Crippen LogP contribution in [0.25, 0.3) is 0 Å². The van der Waals surface area contributed by atoms with Gasteiger partial charge in [0.15, 0.2) is 0 Å². The fourth-order valence-electron chi connectivity index (χ4n) is 3.06. The first-order chi connectivity index (χ1) is 8.70. The number of nitrogens with two attached hydrogens (primary N) is 1. The molecule has 0 aromatic carbocycles. The van der Waals surface area contributed by atoms with E-state index in [2.05, 4.69) is 11.8 Å². The normalized spacial score (nSPS) is 27.4. The molecule has 4 nitrogen and oxygen atoms in total. The summed E-state index contributed by atoms with van der Waals surface area (Å²) >= 11 is 0. The molecule has 2 saturated heterocycles. The third-order valence-electron chi connectivity index (χ3n) is 4.35. The van der Waals surface area contributed by atoms with Crippen LogP contribution in [0.1, 0.15) is 39.0 Å². The van der Waals surface area contributed by atoms with E-state index in [1.165, 1.54) is 32.4 Å². The molecule has 0 aromatic rings. The largest absolute Gasteiger partial charge is 0.341 e. The van der Waals surface area contributed by atoms with Gasteiger partial charge < -0.3 is 10.6 Å². The topological polar surface area (TPSA) is 49.6 Å². The van der Waals surface area contributed by atoms with Crippen molar-refractivity contribution in [1.82, 2.24) is 9.80 Å². The first kappa shape index (κ1) is 13.8. The molecule has 2 rings (SSSR count). The minimum atomic E-state index is 0.299. The van der Waals surface area contributed by atoms with Gasteiger partial charge in [0.1, 0.15) is 0 Å². The summed E-state index contributed by atoms with van der Waals surface area (Å²) in [5.41, 5.74) is 5.58. The van der Waals surface area contributed by atoms with Crippen molar-refractivity contribution in [3.8, 4) is 0 Å². The van der Waals surface area contributed by atoms with Crippen molar-refractivity contribution in [1.29, 1.82) is 0 Å². The van der Waals surface area contributed by atoms with Crippen LogP contribution in [-0.4, -0.2) is 54.5 Å². The average Bonchev–Trinajstić information content (AvgIpc) is 2.89. The first-order valence-corrected chi connectivity index (χ1v) is 7.42. The molecular weight excluding hydrogens is 226 g/mol. The molecule has 0 bridgehead atoms. The van der Waals surface area contributed by atoms with Crippen LogP contribution in [0, 0.1) is 5.92 Å². The van der Waals surface area contributed by atoms with Crippen LogP contribution in [0.15, 0.2) is 0 Å². The van der Waals surface area contributed by atoms with Gasteiger partial charge in [-0.3, -0.25) is 9.69 Å². The molecule has 0 radical (unpaired) electrons. The molecule has 1 amide bonds. The molecule has 104 valence electrons. The highest BCUT2D eigenvalue weighted by atomic mass is 16.2. The summed E-state index contributed by atoms with van der Waals surface area (Å²) in [6, 6.07) is 0.613. The smallest absolute Gasteiger partial charge is 0.222 e. The molecule has 2 unspecified atom stereocenters. The van der Waals surface area contributed by atoms with Crippen molar-refractivity contribution >= 4 is 5.91 Å². The van der Waals surface area contributed by atoms with E-state index in [9.17, 15) is 4.79 Å². The Labute approximate surface area is 110 Å². The minimum absolute atomic E-state index is 0.299. The number of carbonyl (C=O) groups excluding carboxylic acids is 1. The van der Waals surface area contributed by atoms with Crippen molar-refractivity contribution in [3.05, 3.63) is 0 Å². The lowest BCUT2D eigenvalue weighted by atomic mass is 10.1. The maximum absolute atomic E-state index is 12.1. The summed E-state index contributed by atoms with van der Waals surface area (Å²) in [5.74, 6) is 0.610. The van der Waals surface area contributed by atoms with E-state index in [1.807, 2.05) is 4.90 Å². The summed E-state index contributed by atoms with van der Waals surface area (Å²) in [7, 11) is 0. The van der Waals surface area contributed by atoms with Gasteiger partial charge in [-0.1, -0.05) is 13.3 Å². The van der Waals surface area contributed by atoms with Crippen LogP contribution in [0.5, 0.6) is 0 Å². The summed E-state index contributed by atoms with van der Waals surface area (Å²) in [6.07, 6.45) is 5.80. The lowest BCUT2D eigenvalue weighted by Gasteiger charge is -2.32. The molecule has 4 heteroatoms. The van der Waals surface area contributed by atoms with Crippen LogP contribution in [-0.2, 0) is 4.79 Å². The summed E-state index contributed by atoms with van der Waals surface area (Å²) in [6.45, 7) is 7.00. The number of piperidine rings is 1. The lowest BCUT2D eigenvalue weighted by Crippen LogP contribution is -2.41. The first-order valence-electron chi connectivity index (χ1n) is 7.42. The SMILES string of the molecule is CC(CN)CC(=O)N1CCC(N2CCCCC2)C1. The highest BCUT2D eigenvalue weighted by Gasteiger charge is 2.30. The molecule has 0 saturated carbocycles. The van der Waals surface area contributed by atoms with Gasteiger partial charge in [-0.05, 0) is 44.8 Å². The van der Waals surface area contributed by atoms with Gasteiger partial charge in [0.25, 0.3) is 0 Å². The third kappa shape index (κ3) is 3.45. The van der Waals surface area contributed by atoms with E-state index >= 15 is 0 Å². The molecule has 2 fully saturated rings. The van der Waals surface area contributed by atoms with E-state index in [1.54, 1.807) is 0 Å². The predicted molar refractivity (Wildman–Crippen MR) is 73.2 cm³/mol. The van der Waals surface area contributed by atoms with Gasteiger partial charge in [-0.2, -0.15) is 0 Å². The van der Waals surface area contributed by atoms with E-state index in [0.717, 1.165) is 19.5 Å². The van der Waals surface area contributed by atoms with Gasteiger partial charge in [0.05, 0.1) is 0 Å². The summed E-state index contributed by atoms with van der Waals surface area (Å²) in [4.78, 5) is 16.7. The number of hydrogen-bond donors (Lipinski definition) is 1. The van der Waals surface area contributed by atoms with E-state index < -0.39 is 0 Å². The highest BCUT2D eigenvalue weighted by Crippen LogP contribution is 2.21. The molecule has 2 aliphatic heterocycles. The number of rotatable bonds is 4. The van der Waals surface area contributed by atoms with Crippen LogP contribution in [0.4, 0.5) is 0 Å².